The molecule has 1 amide bonds. The highest BCUT2D eigenvalue weighted by Gasteiger charge is 2.34. The summed E-state index contributed by atoms with van der Waals surface area (Å²) < 4.78 is 6.13. The highest BCUT2D eigenvalue weighted by molar-refractivity contribution is 7.22. The quantitative estimate of drug-likeness (QED) is 0.613. The summed E-state index contributed by atoms with van der Waals surface area (Å²) in [5.74, 6) is 0.451. The number of hydrogen-bond acceptors (Lipinski definition) is 6. The monoisotopic (exact) mass is 420 g/mol. The number of rotatable bonds is 3. The largest absolute Gasteiger partial charge is 0.497 e. The van der Waals surface area contributed by atoms with Gasteiger partial charge in [-0.1, -0.05) is 36.8 Å². The lowest BCUT2D eigenvalue weighted by Gasteiger charge is -2.26. The van der Waals surface area contributed by atoms with Gasteiger partial charge in [-0.05, 0) is 30.0 Å². The molecular weight excluding hydrogens is 404 g/mol. The first-order valence-corrected chi connectivity index (χ1v) is 10.4. The Morgan fingerprint density at radius 2 is 2.07 bits per heavy atom. The lowest BCUT2D eigenvalue weighted by Crippen LogP contribution is -2.26. The van der Waals surface area contributed by atoms with Gasteiger partial charge in [0.05, 0.1) is 22.7 Å². The number of thiophene rings is 1. The van der Waals surface area contributed by atoms with Crippen LogP contribution in [0.1, 0.15) is 45.3 Å². The van der Waals surface area contributed by atoms with E-state index in [4.69, 9.17) is 16.3 Å². The lowest BCUT2D eigenvalue weighted by molar-refractivity contribution is 0.0915. The molecular formula is C19H17ClN2O3S2. The number of hydrogen-bond donors (Lipinski definition) is 1. The molecule has 2 aromatic heterocycles. The molecule has 0 spiro atoms. The smallest absolute Gasteiger partial charge is 0.269 e. The third-order valence-electron chi connectivity index (χ3n) is 4.50. The summed E-state index contributed by atoms with van der Waals surface area (Å²) >= 11 is 8.98. The zero-order valence-electron chi connectivity index (χ0n) is 15.0. The number of ether oxygens (including phenoxy) is 1. The number of carbonyl (C=O) groups excluding carboxylic acids is 2. The number of thiazole rings is 1. The fourth-order valence-corrected chi connectivity index (χ4v) is 5.55. The molecule has 1 aromatic carbocycles. The molecule has 5 nitrogen and oxygen atoms in total. The number of Topliss-reactive ketones (excluding diaryl/α,β-unsaturated/α-hetero) is 1. The van der Waals surface area contributed by atoms with Gasteiger partial charge in [-0.15, -0.1) is 11.3 Å². The Morgan fingerprint density at radius 3 is 2.81 bits per heavy atom. The average Bonchev–Trinajstić information content (AvgIpc) is 3.14. The van der Waals surface area contributed by atoms with Gasteiger partial charge in [0.15, 0.2) is 10.9 Å². The van der Waals surface area contributed by atoms with Crippen LogP contribution >= 0.6 is 34.3 Å². The second-order valence-corrected chi connectivity index (χ2v) is 9.73. The Kier molecular flexibility index (Phi) is 4.49. The van der Waals surface area contributed by atoms with Crippen molar-refractivity contribution in [3.63, 3.8) is 0 Å². The molecule has 0 saturated heterocycles. The van der Waals surface area contributed by atoms with E-state index in [-0.39, 0.29) is 17.1 Å². The minimum atomic E-state index is -0.321. The van der Waals surface area contributed by atoms with Crippen molar-refractivity contribution in [2.45, 2.75) is 26.7 Å². The first-order valence-electron chi connectivity index (χ1n) is 8.38. The molecule has 140 valence electrons. The third-order valence-corrected chi connectivity index (χ3v) is 7.23. The Hall–Kier alpha value is -1.96. The van der Waals surface area contributed by atoms with Crippen molar-refractivity contribution in [3.8, 4) is 5.75 Å². The Labute approximate surface area is 169 Å². The van der Waals surface area contributed by atoms with Crippen LogP contribution in [0.5, 0.6) is 5.75 Å². The first kappa shape index (κ1) is 18.4. The zero-order valence-corrected chi connectivity index (χ0v) is 17.4. The number of nitrogens with zero attached hydrogens (tertiary/aromatic N) is 1. The molecule has 0 bridgehead atoms. The second kappa shape index (κ2) is 6.58. The van der Waals surface area contributed by atoms with Gasteiger partial charge in [-0.2, -0.15) is 0 Å². The molecule has 0 fully saturated rings. The number of anilines is 1. The van der Waals surface area contributed by atoms with Crippen LogP contribution in [0.3, 0.4) is 0 Å². The molecule has 4 rings (SSSR count). The van der Waals surface area contributed by atoms with Crippen LogP contribution < -0.4 is 10.1 Å². The number of ketones is 1. The van der Waals surface area contributed by atoms with Crippen molar-refractivity contribution >= 4 is 61.2 Å². The zero-order chi connectivity index (χ0) is 19.3. The van der Waals surface area contributed by atoms with Gasteiger partial charge in [-0.3, -0.25) is 14.9 Å². The van der Waals surface area contributed by atoms with Crippen LogP contribution in [0.2, 0.25) is 5.02 Å². The Bertz CT molecular complexity index is 1080. The summed E-state index contributed by atoms with van der Waals surface area (Å²) in [5.41, 5.74) is 0.663. The highest BCUT2D eigenvalue weighted by Crippen LogP contribution is 2.40. The molecule has 1 N–H and O–H groups in total. The van der Waals surface area contributed by atoms with E-state index in [1.54, 1.807) is 7.11 Å². The maximum atomic E-state index is 12.7. The van der Waals surface area contributed by atoms with Crippen molar-refractivity contribution in [1.82, 2.24) is 4.98 Å². The summed E-state index contributed by atoms with van der Waals surface area (Å²) in [5, 5.41) is 4.41. The minimum absolute atomic E-state index is 0.0891. The van der Waals surface area contributed by atoms with E-state index >= 15 is 0 Å². The van der Waals surface area contributed by atoms with Crippen molar-refractivity contribution in [2.75, 3.05) is 12.4 Å². The van der Waals surface area contributed by atoms with Gasteiger partial charge in [0.2, 0.25) is 0 Å². The van der Waals surface area contributed by atoms with E-state index in [0.717, 1.165) is 22.2 Å². The van der Waals surface area contributed by atoms with Gasteiger partial charge < -0.3 is 4.74 Å². The van der Waals surface area contributed by atoms with Crippen LogP contribution in [0.4, 0.5) is 5.13 Å². The third kappa shape index (κ3) is 3.35. The lowest BCUT2D eigenvalue weighted by atomic mass is 9.78. The van der Waals surface area contributed by atoms with Gasteiger partial charge >= 0.3 is 0 Å². The number of fused-ring (bicyclic) bond motifs is 2. The molecule has 0 atom stereocenters. The van der Waals surface area contributed by atoms with Gasteiger partial charge in [0.1, 0.15) is 10.6 Å². The van der Waals surface area contributed by atoms with E-state index in [2.05, 4.69) is 24.1 Å². The van der Waals surface area contributed by atoms with Gasteiger partial charge in [0.25, 0.3) is 5.91 Å². The second-order valence-electron chi connectivity index (χ2n) is 7.30. The molecule has 1 aliphatic rings. The standard InChI is InChI=1S/C19H17ClN2O3S2/c1-19(2)7-11-15(12(23)8-19)27-18(21-11)22-17(24)16-14(20)10-6-9(25-3)4-5-13(10)26-16/h4-6H,7-8H2,1-3H3,(H,21,22,24). The van der Waals surface area contributed by atoms with Crippen LogP contribution in [0.25, 0.3) is 10.1 Å². The highest BCUT2D eigenvalue weighted by atomic mass is 35.5. The molecule has 0 aliphatic heterocycles. The summed E-state index contributed by atoms with van der Waals surface area (Å²) in [4.78, 5) is 30.6. The van der Waals surface area contributed by atoms with Crippen LogP contribution in [0, 0.1) is 5.41 Å². The fourth-order valence-electron chi connectivity index (χ4n) is 3.25. The number of carbonyl (C=O) groups is 2. The fraction of sp³-hybridized carbons (Fsp3) is 0.316. The van der Waals surface area contributed by atoms with E-state index in [1.165, 1.54) is 22.7 Å². The number of nitrogens with one attached hydrogen (secondary N) is 1. The molecule has 0 saturated carbocycles. The minimum Gasteiger partial charge on any atom is -0.497 e. The Morgan fingerprint density at radius 1 is 1.30 bits per heavy atom. The molecule has 1 aliphatic carbocycles. The average molecular weight is 421 g/mol. The SMILES string of the molecule is COc1ccc2sc(C(=O)Nc3nc4c(s3)C(=O)CC(C)(C)C4)c(Cl)c2c1. The van der Waals surface area contributed by atoms with Crippen molar-refractivity contribution in [1.29, 1.82) is 0 Å². The summed E-state index contributed by atoms with van der Waals surface area (Å²) in [6.45, 7) is 4.10. The maximum absolute atomic E-state index is 12.7. The number of benzene rings is 1. The van der Waals surface area contributed by atoms with E-state index in [1.807, 2.05) is 18.2 Å². The first-order chi connectivity index (χ1) is 12.8. The predicted octanol–water partition coefficient (Wildman–Crippen LogP) is 5.43. The van der Waals surface area contributed by atoms with Crippen LogP contribution in [-0.4, -0.2) is 23.8 Å². The normalized spacial score (nSPS) is 15.6. The molecule has 3 aromatic rings. The van der Waals surface area contributed by atoms with E-state index < -0.39 is 0 Å². The van der Waals surface area contributed by atoms with Crippen molar-refractivity contribution in [3.05, 3.63) is 38.7 Å². The maximum Gasteiger partial charge on any atom is 0.269 e. The van der Waals surface area contributed by atoms with E-state index in [9.17, 15) is 9.59 Å². The van der Waals surface area contributed by atoms with Crippen molar-refractivity contribution < 1.29 is 14.3 Å². The predicted molar refractivity (Wildman–Crippen MR) is 110 cm³/mol. The summed E-state index contributed by atoms with van der Waals surface area (Å²) in [7, 11) is 1.59. The number of amides is 1. The summed E-state index contributed by atoms with van der Waals surface area (Å²) in [6, 6.07) is 5.53. The molecule has 0 radical (unpaired) electrons. The summed E-state index contributed by atoms with van der Waals surface area (Å²) in [6.07, 6.45) is 1.23. The Balaban J connectivity index is 1.63. The van der Waals surface area contributed by atoms with Crippen LogP contribution in [-0.2, 0) is 6.42 Å². The van der Waals surface area contributed by atoms with Gasteiger partial charge in [-0.25, -0.2) is 4.98 Å². The number of halogens is 1. The van der Waals surface area contributed by atoms with E-state index in [0.29, 0.717) is 32.1 Å². The van der Waals surface area contributed by atoms with Crippen LogP contribution in [0.15, 0.2) is 18.2 Å². The number of aromatic nitrogens is 1. The molecule has 8 heteroatoms. The van der Waals surface area contributed by atoms with Crippen molar-refractivity contribution in [2.24, 2.45) is 5.41 Å². The molecule has 0 unspecified atom stereocenters. The van der Waals surface area contributed by atoms with Gasteiger partial charge in [0, 0.05) is 16.5 Å². The number of methoxy groups -OCH3 is 1. The molecule has 2 heterocycles. The molecule has 27 heavy (non-hydrogen) atoms. The topological polar surface area (TPSA) is 68.3 Å².